The lowest BCUT2D eigenvalue weighted by Crippen LogP contribution is -2.37. The van der Waals surface area contributed by atoms with Crippen LogP contribution in [0.25, 0.3) is 0 Å². The number of aromatic nitrogens is 2. The predicted molar refractivity (Wildman–Crippen MR) is 71.0 cm³/mol. The topological polar surface area (TPSA) is 29.9 Å². The van der Waals surface area contributed by atoms with E-state index < -0.39 is 0 Å². The molecule has 2 atom stereocenters. The average Bonchev–Trinajstić information content (AvgIpc) is 2.78. The van der Waals surface area contributed by atoms with Crippen molar-refractivity contribution in [2.75, 3.05) is 13.1 Å². The Morgan fingerprint density at radius 1 is 1.41 bits per heavy atom. The van der Waals surface area contributed by atoms with Gasteiger partial charge in [-0.3, -0.25) is 0 Å². The van der Waals surface area contributed by atoms with Crippen molar-refractivity contribution in [2.24, 2.45) is 11.8 Å². The Morgan fingerprint density at radius 3 is 3.06 bits per heavy atom. The van der Waals surface area contributed by atoms with Gasteiger partial charge in [-0.05, 0) is 37.8 Å². The van der Waals surface area contributed by atoms with Crippen LogP contribution in [0.4, 0.5) is 0 Å². The molecule has 0 aliphatic carbocycles. The van der Waals surface area contributed by atoms with Crippen molar-refractivity contribution in [3.63, 3.8) is 0 Å². The molecule has 1 aromatic heterocycles. The van der Waals surface area contributed by atoms with Crippen LogP contribution in [0.2, 0.25) is 0 Å². The van der Waals surface area contributed by atoms with Crippen molar-refractivity contribution in [1.29, 1.82) is 0 Å². The third kappa shape index (κ3) is 3.09. The molecule has 0 amide bonds. The van der Waals surface area contributed by atoms with Gasteiger partial charge in [-0.25, -0.2) is 4.98 Å². The molecule has 1 aliphatic rings. The third-order valence-electron chi connectivity index (χ3n) is 4.00. The van der Waals surface area contributed by atoms with Crippen LogP contribution >= 0.6 is 0 Å². The van der Waals surface area contributed by atoms with Crippen molar-refractivity contribution in [1.82, 2.24) is 14.9 Å². The molecule has 2 unspecified atom stereocenters. The Bertz CT molecular complexity index is 332. The standard InChI is InChI=1S/C14H25N3/c1-3-8-17-9-7-16-14(17)10-13-5-6-15-11-12(13)4-2/h7,9,12-13,15H,3-6,8,10-11H2,1-2H3. The van der Waals surface area contributed by atoms with Gasteiger partial charge in [0.1, 0.15) is 5.82 Å². The van der Waals surface area contributed by atoms with E-state index in [9.17, 15) is 0 Å². The maximum Gasteiger partial charge on any atom is 0.108 e. The summed E-state index contributed by atoms with van der Waals surface area (Å²) in [6.07, 6.45) is 9.01. The summed E-state index contributed by atoms with van der Waals surface area (Å²) < 4.78 is 2.33. The molecular weight excluding hydrogens is 210 g/mol. The Labute approximate surface area is 105 Å². The maximum absolute atomic E-state index is 4.54. The van der Waals surface area contributed by atoms with Crippen LogP contribution in [0.1, 0.15) is 38.9 Å². The molecule has 0 bridgehead atoms. The number of hydrogen-bond donors (Lipinski definition) is 1. The number of nitrogens with one attached hydrogen (secondary N) is 1. The van der Waals surface area contributed by atoms with E-state index in [0.717, 1.165) is 24.8 Å². The van der Waals surface area contributed by atoms with Crippen LogP contribution in [0.15, 0.2) is 12.4 Å². The van der Waals surface area contributed by atoms with Gasteiger partial charge >= 0.3 is 0 Å². The third-order valence-corrected chi connectivity index (χ3v) is 4.00. The first-order chi connectivity index (χ1) is 8.35. The number of imidazole rings is 1. The maximum atomic E-state index is 4.54. The zero-order valence-electron chi connectivity index (χ0n) is 11.2. The molecule has 1 fully saturated rings. The second-order valence-corrected chi connectivity index (χ2v) is 5.16. The molecule has 1 aromatic rings. The molecule has 2 rings (SSSR count). The van der Waals surface area contributed by atoms with E-state index in [0.29, 0.717) is 0 Å². The molecule has 96 valence electrons. The van der Waals surface area contributed by atoms with Crippen molar-refractivity contribution >= 4 is 0 Å². The summed E-state index contributed by atoms with van der Waals surface area (Å²) in [5, 5.41) is 3.51. The molecule has 1 saturated heterocycles. The van der Waals surface area contributed by atoms with E-state index in [2.05, 4.69) is 34.9 Å². The highest BCUT2D eigenvalue weighted by Gasteiger charge is 2.24. The summed E-state index contributed by atoms with van der Waals surface area (Å²) in [5.74, 6) is 2.94. The van der Waals surface area contributed by atoms with Gasteiger partial charge in [0.25, 0.3) is 0 Å². The number of nitrogens with zero attached hydrogens (tertiary/aromatic N) is 2. The summed E-state index contributed by atoms with van der Waals surface area (Å²) in [6.45, 7) is 8.01. The normalized spacial score (nSPS) is 25.1. The largest absolute Gasteiger partial charge is 0.335 e. The van der Waals surface area contributed by atoms with Gasteiger partial charge in [0.05, 0.1) is 0 Å². The Hall–Kier alpha value is -0.830. The molecule has 3 heteroatoms. The smallest absolute Gasteiger partial charge is 0.108 e. The van der Waals surface area contributed by atoms with Gasteiger partial charge < -0.3 is 9.88 Å². The molecule has 1 aliphatic heterocycles. The van der Waals surface area contributed by atoms with Crippen LogP contribution in [0.5, 0.6) is 0 Å². The lowest BCUT2D eigenvalue weighted by Gasteiger charge is -2.31. The summed E-state index contributed by atoms with van der Waals surface area (Å²) in [5.41, 5.74) is 0. The fraction of sp³-hybridized carbons (Fsp3) is 0.786. The van der Waals surface area contributed by atoms with Crippen LogP contribution in [0.3, 0.4) is 0 Å². The van der Waals surface area contributed by atoms with E-state index in [-0.39, 0.29) is 0 Å². The minimum Gasteiger partial charge on any atom is -0.335 e. The highest BCUT2D eigenvalue weighted by molar-refractivity contribution is 4.96. The van der Waals surface area contributed by atoms with Crippen molar-refractivity contribution in [2.45, 2.75) is 46.1 Å². The Morgan fingerprint density at radius 2 is 2.29 bits per heavy atom. The summed E-state index contributed by atoms with van der Waals surface area (Å²) in [6, 6.07) is 0. The second-order valence-electron chi connectivity index (χ2n) is 5.16. The Balaban J connectivity index is 2.00. The molecule has 0 saturated carbocycles. The van der Waals surface area contributed by atoms with Crippen molar-refractivity contribution < 1.29 is 0 Å². The second kappa shape index (κ2) is 6.20. The van der Waals surface area contributed by atoms with Gasteiger partial charge in [0.2, 0.25) is 0 Å². The summed E-state index contributed by atoms with van der Waals surface area (Å²) in [4.78, 5) is 4.54. The molecule has 1 N–H and O–H groups in total. The SMILES string of the molecule is CCCn1ccnc1CC1CCNCC1CC. The van der Waals surface area contributed by atoms with Gasteiger partial charge in [-0.15, -0.1) is 0 Å². The quantitative estimate of drug-likeness (QED) is 0.849. The van der Waals surface area contributed by atoms with Gasteiger partial charge in [0, 0.05) is 25.4 Å². The number of piperidine rings is 1. The zero-order valence-corrected chi connectivity index (χ0v) is 11.2. The molecule has 2 heterocycles. The minimum atomic E-state index is 0.819. The fourth-order valence-electron chi connectivity index (χ4n) is 2.93. The molecule has 0 radical (unpaired) electrons. The highest BCUT2D eigenvalue weighted by atomic mass is 15.1. The number of hydrogen-bond acceptors (Lipinski definition) is 2. The monoisotopic (exact) mass is 235 g/mol. The van der Waals surface area contributed by atoms with E-state index >= 15 is 0 Å². The van der Waals surface area contributed by atoms with Crippen LogP contribution in [-0.4, -0.2) is 22.6 Å². The molecule has 0 spiro atoms. The first-order valence-electron chi connectivity index (χ1n) is 7.05. The van der Waals surface area contributed by atoms with Gasteiger partial charge in [-0.1, -0.05) is 20.3 Å². The molecule has 0 aromatic carbocycles. The van der Waals surface area contributed by atoms with Crippen LogP contribution in [-0.2, 0) is 13.0 Å². The van der Waals surface area contributed by atoms with E-state index in [1.165, 1.54) is 38.2 Å². The lowest BCUT2D eigenvalue weighted by atomic mass is 9.82. The summed E-state index contributed by atoms with van der Waals surface area (Å²) >= 11 is 0. The molecule has 3 nitrogen and oxygen atoms in total. The zero-order chi connectivity index (χ0) is 12.1. The highest BCUT2D eigenvalue weighted by Crippen LogP contribution is 2.25. The molecular formula is C14H25N3. The minimum absolute atomic E-state index is 0.819. The predicted octanol–water partition coefficient (Wildman–Crippen LogP) is 2.47. The van der Waals surface area contributed by atoms with Gasteiger partial charge in [-0.2, -0.15) is 0 Å². The van der Waals surface area contributed by atoms with Crippen molar-refractivity contribution in [3.05, 3.63) is 18.2 Å². The van der Waals surface area contributed by atoms with Crippen LogP contribution < -0.4 is 5.32 Å². The van der Waals surface area contributed by atoms with Crippen molar-refractivity contribution in [3.8, 4) is 0 Å². The number of rotatable bonds is 5. The summed E-state index contributed by atoms with van der Waals surface area (Å²) in [7, 11) is 0. The van der Waals surface area contributed by atoms with Gasteiger partial charge in [0.15, 0.2) is 0 Å². The van der Waals surface area contributed by atoms with Crippen LogP contribution in [0, 0.1) is 11.8 Å². The lowest BCUT2D eigenvalue weighted by molar-refractivity contribution is 0.241. The Kier molecular flexibility index (Phi) is 4.60. The first-order valence-corrected chi connectivity index (χ1v) is 7.05. The van der Waals surface area contributed by atoms with E-state index in [1.807, 2.05) is 6.20 Å². The average molecular weight is 235 g/mol. The van der Waals surface area contributed by atoms with E-state index in [1.54, 1.807) is 0 Å². The first kappa shape index (κ1) is 12.6. The number of aryl methyl sites for hydroxylation is 1. The molecule has 17 heavy (non-hydrogen) atoms. The van der Waals surface area contributed by atoms with E-state index in [4.69, 9.17) is 0 Å². The fourth-order valence-corrected chi connectivity index (χ4v) is 2.93.